The first-order valence-electron chi connectivity index (χ1n) is 11.7. The molecule has 7 heteroatoms. The molecule has 2 atom stereocenters. The number of hydrogen-bond acceptors (Lipinski definition) is 5. The number of pyridine rings is 1. The molecular formula is C27H27N3O4. The second-order valence-corrected chi connectivity index (χ2v) is 9.78. The first-order chi connectivity index (χ1) is 16.4. The fraction of sp³-hybridized carbons (Fsp3) is 0.407. The van der Waals surface area contributed by atoms with E-state index >= 15 is 0 Å². The summed E-state index contributed by atoms with van der Waals surface area (Å²) in [5.74, 6) is 0.748. The minimum absolute atomic E-state index is 0.0163. The summed E-state index contributed by atoms with van der Waals surface area (Å²) >= 11 is 0. The normalized spacial score (nSPS) is 21.1. The van der Waals surface area contributed by atoms with E-state index in [1.54, 1.807) is 13.3 Å². The van der Waals surface area contributed by atoms with Gasteiger partial charge in [0.1, 0.15) is 5.75 Å². The highest BCUT2D eigenvalue weighted by Gasteiger charge is 2.43. The average Bonchev–Trinajstić information content (AvgIpc) is 3.40. The molecule has 1 aromatic carbocycles. The van der Waals surface area contributed by atoms with Crippen molar-refractivity contribution in [3.63, 3.8) is 0 Å². The number of ketones is 1. The molecule has 2 aromatic rings. The number of hydrogen-bond donors (Lipinski definition) is 2. The Morgan fingerprint density at radius 2 is 2.09 bits per heavy atom. The Balaban J connectivity index is 1.32. The van der Waals surface area contributed by atoms with Crippen molar-refractivity contribution in [1.82, 2.24) is 10.3 Å². The van der Waals surface area contributed by atoms with E-state index in [0.717, 1.165) is 35.3 Å². The van der Waals surface area contributed by atoms with Crippen molar-refractivity contribution < 1.29 is 14.3 Å². The van der Waals surface area contributed by atoms with Gasteiger partial charge in [0, 0.05) is 35.7 Å². The average molecular weight is 458 g/mol. The lowest BCUT2D eigenvalue weighted by Crippen LogP contribution is -2.44. The number of aromatic amines is 1. The smallest absolute Gasteiger partial charge is 0.251 e. The molecule has 1 aromatic heterocycles. The largest absolute Gasteiger partial charge is 0.496 e. The molecule has 174 valence electrons. The molecule has 7 nitrogen and oxygen atoms in total. The van der Waals surface area contributed by atoms with E-state index in [1.165, 1.54) is 0 Å². The fourth-order valence-corrected chi connectivity index (χ4v) is 5.25. The van der Waals surface area contributed by atoms with Crippen molar-refractivity contribution in [2.75, 3.05) is 7.11 Å². The SMILES string of the molecule is COc1cccc2c1C=C(C(=O)N[C@@H](CC1CC1)C(=O)C[C@@]1(C#N)Cc3cc[nH]c(=O)c3C1)C2. The summed E-state index contributed by atoms with van der Waals surface area (Å²) in [5, 5.41) is 13.0. The Hall–Kier alpha value is -3.66. The summed E-state index contributed by atoms with van der Waals surface area (Å²) in [4.78, 5) is 41.5. The minimum Gasteiger partial charge on any atom is -0.496 e. The Kier molecular flexibility index (Phi) is 5.60. The van der Waals surface area contributed by atoms with Crippen LogP contribution in [0.25, 0.3) is 6.08 Å². The molecule has 0 aliphatic heterocycles. The van der Waals surface area contributed by atoms with Gasteiger partial charge in [-0.1, -0.05) is 25.0 Å². The predicted molar refractivity (Wildman–Crippen MR) is 126 cm³/mol. The fourth-order valence-electron chi connectivity index (χ4n) is 5.25. The number of methoxy groups -OCH3 is 1. The number of nitriles is 1. The monoisotopic (exact) mass is 457 g/mol. The molecule has 34 heavy (non-hydrogen) atoms. The van der Waals surface area contributed by atoms with Gasteiger partial charge in [-0.25, -0.2) is 0 Å². The van der Waals surface area contributed by atoms with Crippen molar-refractivity contribution in [2.24, 2.45) is 11.3 Å². The first-order valence-corrected chi connectivity index (χ1v) is 11.7. The van der Waals surface area contributed by atoms with Gasteiger partial charge in [-0.3, -0.25) is 14.4 Å². The second kappa shape index (κ2) is 8.60. The highest BCUT2D eigenvalue weighted by Crippen LogP contribution is 2.40. The number of nitrogens with one attached hydrogen (secondary N) is 2. The van der Waals surface area contributed by atoms with E-state index in [2.05, 4.69) is 16.4 Å². The van der Waals surface area contributed by atoms with Gasteiger partial charge in [-0.2, -0.15) is 5.26 Å². The van der Waals surface area contributed by atoms with E-state index in [-0.39, 0.29) is 30.1 Å². The molecule has 2 N–H and O–H groups in total. The Morgan fingerprint density at radius 3 is 2.79 bits per heavy atom. The maximum Gasteiger partial charge on any atom is 0.251 e. The number of benzene rings is 1. The van der Waals surface area contributed by atoms with Crippen LogP contribution in [0.4, 0.5) is 0 Å². The van der Waals surface area contributed by atoms with Crippen LogP contribution in [-0.4, -0.2) is 29.8 Å². The third-order valence-corrected chi connectivity index (χ3v) is 7.28. The molecule has 1 amide bonds. The zero-order valence-corrected chi connectivity index (χ0v) is 19.1. The van der Waals surface area contributed by atoms with Gasteiger partial charge >= 0.3 is 0 Å². The molecule has 3 aliphatic rings. The second-order valence-electron chi connectivity index (χ2n) is 9.78. The molecule has 1 fully saturated rings. The van der Waals surface area contributed by atoms with Crippen LogP contribution in [0.15, 0.2) is 40.8 Å². The summed E-state index contributed by atoms with van der Waals surface area (Å²) in [5.41, 5.74) is 2.78. The van der Waals surface area contributed by atoms with Gasteiger partial charge in [0.2, 0.25) is 5.91 Å². The highest BCUT2D eigenvalue weighted by atomic mass is 16.5. The van der Waals surface area contributed by atoms with Gasteiger partial charge < -0.3 is 15.0 Å². The third kappa shape index (κ3) is 4.16. The van der Waals surface area contributed by atoms with Gasteiger partial charge in [0.15, 0.2) is 5.78 Å². The van der Waals surface area contributed by atoms with Crippen LogP contribution in [-0.2, 0) is 28.9 Å². The maximum absolute atomic E-state index is 13.4. The molecule has 0 bridgehead atoms. The zero-order chi connectivity index (χ0) is 23.9. The number of carbonyl (C=O) groups excluding carboxylic acids is 2. The third-order valence-electron chi connectivity index (χ3n) is 7.28. The van der Waals surface area contributed by atoms with Gasteiger partial charge in [-0.15, -0.1) is 0 Å². The van der Waals surface area contributed by atoms with E-state index < -0.39 is 11.5 Å². The van der Waals surface area contributed by atoms with Crippen LogP contribution in [0.3, 0.4) is 0 Å². The number of nitrogens with zero attached hydrogens (tertiary/aromatic N) is 1. The van der Waals surface area contributed by atoms with Crippen molar-refractivity contribution in [3.8, 4) is 11.8 Å². The molecule has 0 radical (unpaired) electrons. The van der Waals surface area contributed by atoms with Crippen LogP contribution >= 0.6 is 0 Å². The Labute approximate surface area is 197 Å². The van der Waals surface area contributed by atoms with Crippen molar-refractivity contribution in [3.05, 3.63) is 68.6 Å². The van der Waals surface area contributed by atoms with Crippen LogP contribution in [0, 0.1) is 22.7 Å². The maximum atomic E-state index is 13.4. The molecule has 0 unspecified atom stereocenters. The lowest BCUT2D eigenvalue weighted by molar-refractivity contribution is -0.127. The number of Topliss-reactive ketones (excluding diaryl/α,β-unsaturated/α-hetero) is 1. The van der Waals surface area contributed by atoms with E-state index in [1.807, 2.05) is 30.3 Å². The lowest BCUT2D eigenvalue weighted by Gasteiger charge is -2.24. The molecule has 1 saturated carbocycles. The lowest BCUT2D eigenvalue weighted by atomic mass is 9.79. The summed E-state index contributed by atoms with van der Waals surface area (Å²) in [7, 11) is 1.60. The Bertz CT molecular complexity index is 1300. The summed E-state index contributed by atoms with van der Waals surface area (Å²) < 4.78 is 5.41. The van der Waals surface area contributed by atoms with Crippen LogP contribution < -0.4 is 15.6 Å². The number of H-pyrrole nitrogens is 1. The van der Waals surface area contributed by atoms with Crippen LogP contribution in [0.2, 0.25) is 0 Å². The van der Waals surface area contributed by atoms with Crippen LogP contribution in [0.5, 0.6) is 5.75 Å². The number of amides is 1. The molecule has 1 heterocycles. The van der Waals surface area contributed by atoms with Crippen LogP contribution in [0.1, 0.15) is 47.9 Å². The topological polar surface area (TPSA) is 112 Å². The number of rotatable bonds is 8. The summed E-state index contributed by atoms with van der Waals surface area (Å²) in [6.45, 7) is 0. The predicted octanol–water partition coefficient (Wildman–Crippen LogP) is 2.88. The molecule has 5 rings (SSSR count). The minimum atomic E-state index is -0.948. The van der Waals surface area contributed by atoms with E-state index in [0.29, 0.717) is 36.3 Å². The van der Waals surface area contributed by atoms with Crippen molar-refractivity contribution in [1.29, 1.82) is 5.26 Å². The molecule has 0 saturated heterocycles. The number of fused-ring (bicyclic) bond motifs is 2. The number of ether oxygens (including phenoxy) is 1. The number of aromatic nitrogens is 1. The van der Waals surface area contributed by atoms with Crippen molar-refractivity contribution in [2.45, 2.75) is 51.0 Å². The van der Waals surface area contributed by atoms with Gasteiger partial charge in [0.05, 0.1) is 24.6 Å². The van der Waals surface area contributed by atoms with Gasteiger partial charge in [0.25, 0.3) is 5.56 Å². The molecule has 3 aliphatic carbocycles. The Morgan fingerprint density at radius 1 is 1.26 bits per heavy atom. The number of carbonyl (C=O) groups is 2. The van der Waals surface area contributed by atoms with E-state index in [4.69, 9.17) is 4.74 Å². The highest BCUT2D eigenvalue weighted by molar-refractivity contribution is 6.03. The van der Waals surface area contributed by atoms with E-state index in [9.17, 15) is 19.6 Å². The standard InChI is InChI=1S/C27H27N3O4/c1-34-24-4-2-3-17-10-19(11-20(17)24)25(32)30-22(9-16-5-6-16)23(31)14-27(15-28)12-18-7-8-29-26(33)21(18)13-27/h2-4,7-8,11,16,22H,5-6,9-10,12-14H2,1H3,(H,29,33)(H,30,32)/t22-,27+/m0/s1. The molecular weight excluding hydrogens is 430 g/mol. The van der Waals surface area contributed by atoms with Gasteiger partial charge in [-0.05, 0) is 54.5 Å². The summed E-state index contributed by atoms with van der Waals surface area (Å²) in [6.07, 6.45) is 7.23. The van der Waals surface area contributed by atoms with Crippen molar-refractivity contribution >= 4 is 17.8 Å². The quantitative estimate of drug-likeness (QED) is 0.633. The zero-order valence-electron chi connectivity index (χ0n) is 19.1. The summed E-state index contributed by atoms with van der Waals surface area (Å²) in [6, 6.07) is 9.23. The molecule has 0 spiro atoms. The first kappa shape index (κ1) is 22.1.